The highest BCUT2D eigenvalue weighted by atomic mass is 32.2. The molecule has 6 heteroatoms. The Labute approximate surface area is 144 Å². The van der Waals surface area contributed by atoms with Crippen molar-refractivity contribution in [3.63, 3.8) is 0 Å². The molecule has 0 unspecified atom stereocenters. The molecule has 0 atom stereocenters. The number of rotatable bonds is 3. The van der Waals surface area contributed by atoms with E-state index in [-0.39, 0.29) is 11.7 Å². The Morgan fingerprint density at radius 1 is 1.21 bits per heavy atom. The van der Waals surface area contributed by atoms with Crippen molar-refractivity contribution in [2.24, 2.45) is 4.99 Å². The number of methoxy groups -OCH3 is 1. The van der Waals surface area contributed by atoms with Gasteiger partial charge in [0.05, 0.1) is 17.7 Å². The van der Waals surface area contributed by atoms with Gasteiger partial charge in [0, 0.05) is 0 Å². The number of hydrogen-bond donors (Lipinski definition) is 2. The van der Waals surface area contributed by atoms with Gasteiger partial charge in [-0.15, -0.1) is 0 Å². The molecule has 2 aromatic rings. The van der Waals surface area contributed by atoms with Crippen LogP contribution in [0.1, 0.15) is 11.1 Å². The van der Waals surface area contributed by atoms with E-state index < -0.39 is 0 Å². The van der Waals surface area contributed by atoms with Crippen LogP contribution in [-0.2, 0) is 4.79 Å². The molecule has 1 amide bonds. The molecule has 5 nitrogen and oxygen atoms in total. The molecule has 2 N–H and O–H groups in total. The van der Waals surface area contributed by atoms with E-state index in [4.69, 9.17) is 4.74 Å². The van der Waals surface area contributed by atoms with Crippen LogP contribution >= 0.6 is 11.8 Å². The molecule has 1 aliphatic heterocycles. The number of amidine groups is 1. The molecule has 122 valence electrons. The van der Waals surface area contributed by atoms with Crippen LogP contribution in [0.3, 0.4) is 0 Å². The fraction of sp³-hybridized carbons (Fsp3) is 0.111. The van der Waals surface area contributed by atoms with Crippen molar-refractivity contribution < 1.29 is 14.6 Å². The molecule has 1 fully saturated rings. The molecule has 0 saturated carbocycles. The normalized spacial score (nSPS) is 17.3. The quantitative estimate of drug-likeness (QED) is 0.838. The summed E-state index contributed by atoms with van der Waals surface area (Å²) in [5.41, 5.74) is 2.65. The van der Waals surface area contributed by atoms with Crippen molar-refractivity contribution in [3.8, 4) is 11.5 Å². The van der Waals surface area contributed by atoms with E-state index in [1.54, 1.807) is 24.3 Å². The summed E-state index contributed by atoms with van der Waals surface area (Å²) < 4.78 is 5.01. The molecule has 1 aliphatic rings. The fourth-order valence-electron chi connectivity index (χ4n) is 2.17. The number of benzene rings is 2. The molecule has 0 aliphatic carbocycles. The zero-order valence-corrected chi connectivity index (χ0v) is 14.1. The van der Waals surface area contributed by atoms with Crippen LogP contribution in [0.25, 0.3) is 6.08 Å². The van der Waals surface area contributed by atoms with Gasteiger partial charge in [0.15, 0.2) is 16.7 Å². The first-order chi connectivity index (χ1) is 11.5. The van der Waals surface area contributed by atoms with Gasteiger partial charge in [-0.2, -0.15) is 0 Å². The van der Waals surface area contributed by atoms with E-state index >= 15 is 0 Å². The van der Waals surface area contributed by atoms with E-state index in [1.165, 1.54) is 18.9 Å². The molecule has 2 aromatic carbocycles. The predicted molar refractivity (Wildman–Crippen MR) is 96.6 cm³/mol. The minimum Gasteiger partial charge on any atom is -0.504 e. The van der Waals surface area contributed by atoms with Crippen LogP contribution in [-0.4, -0.2) is 23.3 Å². The molecule has 1 heterocycles. The van der Waals surface area contributed by atoms with E-state index in [1.807, 2.05) is 31.2 Å². The van der Waals surface area contributed by atoms with Gasteiger partial charge >= 0.3 is 0 Å². The molecule has 0 bridgehead atoms. The topological polar surface area (TPSA) is 70.9 Å². The maximum absolute atomic E-state index is 12.1. The van der Waals surface area contributed by atoms with Crippen molar-refractivity contribution in [1.29, 1.82) is 0 Å². The molecule has 0 radical (unpaired) electrons. The van der Waals surface area contributed by atoms with Gasteiger partial charge < -0.3 is 15.2 Å². The van der Waals surface area contributed by atoms with Crippen molar-refractivity contribution in [2.45, 2.75) is 6.92 Å². The van der Waals surface area contributed by atoms with Gasteiger partial charge in [-0.05, 0) is 54.6 Å². The monoisotopic (exact) mass is 340 g/mol. The number of amides is 1. The number of nitrogens with zero attached hydrogens (tertiary/aromatic N) is 1. The number of hydrogen-bond acceptors (Lipinski definition) is 5. The lowest BCUT2D eigenvalue weighted by atomic mass is 10.2. The Hall–Kier alpha value is -2.73. The summed E-state index contributed by atoms with van der Waals surface area (Å²) in [7, 11) is 1.49. The van der Waals surface area contributed by atoms with Crippen LogP contribution < -0.4 is 10.1 Å². The Balaban J connectivity index is 1.81. The number of aliphatic imine (C=N–C) groups is 1. The van der Waals surface area contributed by atoms with Gasteiger partial charge in [0.1, 0.15) is 0 Å². The first kappa shape index (κ1) is 16.1. The average Bonchev–Trinajstić information content (AvgIpc) is 2.89. The minimum atomic E-state index is -0.207. The van der Waals surface area contributed by atoms with Crippen LogP contribution in [0, 0.1) is 6.92 Å². The van der Waals surface area contributed by atoms with Gasteiger partial charge in [-0.25, -0.2) is 4.99 Å². The van der Waals surface area contributed by atoms with Crippen molar-refractivity contribution in [2.75, 3.05) is 7.11 Å². The molecule has 24 heavy (non-hydrogen) atoms. The molecule has 0 spiro atoms. The van der Waals surface area contributed by atoms with Crippen LogP contribution in [0.5, 0.6) is 11.5 Å². The second-order valence-corrected chi connectivity index (χ2v) is 6.28. The maximum Gasteiger partial charge on any atom is 0.264 e. The third kappa shape index (κ3) is 3.60. The fourth-order valence-corrected chi connectivity index (χ4v) is 3.01. The highest BCUT2D eigenvalue weighted by Gasteiger charge is 2.23. The van der Waals surface area contributed by atoms with Gasteiger partial charge in [-0.1, -0.05) is 23.8 Å². The summed E-state index contributed by atoms with van der Waals surface area (Å²) in [6, 6.07) is 12.7. The Bertz CT molecular complexity index is 842. The number of phenolic OH excluding ortho intramolecular Hbond substituents is 1. The third-order valence-corrected chi connectivity index (χ3v) is 4.33. The molecular weight excluding hydrogens is 324 g/mol. The second-order valence-electron chi connectivity index (χ2n) is 5.25. The molecule has 1 saturated heterocycles. The summed E-state index contributed by atoms with van der Waals surface area (Å²) >= 11 is 1.27. The summed E-state index contributed by atoms with van der Waals surface area (Å²) in [5, 5.41) is 13.1. The highest BCUT2D eigenvalue weighted by Crippen LogP contribution is 2.31. The summed E-state index contributed by atoms with van der Waals surface area (Å²) in [6.45, 7) is 2.01. The number of ether oxygens (including phenoxy) is 1. The smallest absolute Gasteiger partial charge is 0.264 e. The molecule has 3 rings (SSSR count). The average molecular weight is 340 g/mol. The van der Waals surface area contributed by atoms with Crippen LogP contribution in [0.15, 0.2) is 52.4 Å². The van der Waals surface area contributed by atoms with E-state index in [0.717, 1.165) is 11.3 Å². The maximum atomic E-state index is 12.1. The van der Waals surface area contributed by atoms with Gasteiger partial charge in [0.25, 0.3) is 5.91 Å². The number of thioether (sulfide) groups is 1. The number of carbonyl (C=O) groups excluding carboxylic acids is 1. The third-order valence-electron chi connectivity index (χ3n) is 3.42. The Morgan fingerprint density at radius 3 is 2.62 bits per heavy atom. The zero-order valence-electron chi connectivity index (χ0n) is 13.2. The highest BCUT2D eigenvalue weighted by molar-refractivity contribution is 8.18. The SMILES string of the molecule is COc1ccc(/C=C2/SC(=Nc3ccc(C)cc3)NC2=O)cc1O. The van der Waals surface area contributed by atoms with E-state index in [9.17, 15) is 9.90 Å². The minimum absolute atomic E-state index is 0.0313. The number of aromatic hydroxyl groups is 1. The number of aryl methyl sites for hydroxylation is 1. The van der Waals surface area contributed by atoms with E-state index in [0.29, 0.717) is 21.4 Å². The largest absolute Gasteiger partial charge is 0.504 e. The molecular formula is C18H16N2O3S. The number of carbonyl (C=O) groups is 1. The Morgan fingerprint density at radius 2 is 1.96 bits per heavy atom. The van der Waals surface area contributed by atoms with Crippen LogP contribution in [0.4, 0.5) is 5.69 Å². The Kier molecular flexibility index (Phi) is 4.57. The summed E-state index contributed by atoms with van der Waals surface area (Å²) in [4.78, 5) is 17.0. The second kappa shape index (κ2) is 6.80. The van der Waals surface area contributed by atoms with Crippen molar-refractivity contribution in [1.82, 2.24) is 5.32 Å². The first-order valence-electron chi connectivity index (χ1n) is 7.28. The predicted octanol–water partition coefficient (Wildman–Crippen LogP) is 3.60. The summed E-state index contributed by atoms with van der Waals surface area (Å²) in [6.07, 6.45) is 1.71. The van der Waals surface area contributed by atoms with Gasteiger partial charge in [0.2, 0.25) is 0 Å². The van der Waals surface area contributed by atoms with E-state index in [2.05, 4.69) is 10.3 Å². The van der Waals surface area contributed by atoms with Gasteiger partial charge in [-0.3, -0.25) is 4.79 Å². The van der Waals surface area contributed by atoms with Crippen molar-refractivity contribution >= 4 is 34.6 Å². The summed E-state index contributed by atoms with van der Waals surface area (Å²) in [5.74, 6) is 0.215. The number of nitrogens with one attached hydrogen (secondary N) is 1. The number of phenols is 1. The lowest BCUT2D eigenvalue weighted by Gasteiger charge is -2.03. The lowest BCUT2D eigenvalue weighted by molar-refractivity contribution is -0.115. The van der Waals surface area contributed by atoms with Crippen molar-refractivity contribution in [3.05, 3.63) is 58.5 Å². The standard InChI is InChI=1S/C18H16N2O3S/c1-11-3-6-13(7-4-11)19-18-20-17(22)16(24-18)10-12-5-8-15(23-2)14(21)9-12/h3-10,21H,1-2H3,(H,19,20,22)/b16-10+. The lowest BCUT2D eigenvalue weighted by Crippen LogP contribution is -2.19. The molecule has 0 aromatic heterocycles. The van der Waals surface area contributed by atoms with Crippen LogP contribution in [0.2, 0.25) is 0 Å². The zero-order chi connectivity index (χ0) is 17.1. The first-order valence-corrected chi connectivity index (χ1v) is 8.10.